The number of alkyl halides is 1. The van der Waals surface area contributed by atoms with E-state index in [4.69, 9.17) is 11.6 Å². The number of nitrogens with one attached hydrogen (secondary N) is 1. The molecule has 0 spiro atoms. The Morgan fingerprint density at radius 2 is 2.67 bits per heavy atom. The minimum atomic E-state index is 0.534. The molecule has 0 bridgehead atoms. The Balaban J connectivity index is 2.85. The quantitative estimate of drug-likeness (QED) is 0.532. The van der Waals surface area contributed by atoms with Crippen molar-refractivity contribution in [1.82, 2.24) is 10.2 Å². The molecule has 0 aliphatic rings. The van der Waals surface area contributed by atoms with E-state index in [1.807, 2.05) is 6.26 Å². The molecule has 4 heteroatoms. The minimum Gasteiger partial charge on any atom is -0.272 e. The zero-order valence-electron chi connectivity index (χ0n) is 5.02. The topological polar surface area (TPSA) is 28.7 Å². The molecule has 0 saturated heterocycles. The van der Waals surface area contributed by atoms with Crippen LogP contribution in [0.25, 0.3) is 0 Å². The SMILES string of the molecule is CSc1[nH]ncc1CCl. The van der Waals surface area contributed by atoms with Crippen molar-refractivity contribution in [3.8, 4) is 0 Å². The van der Waals surface area contributed by atoms with Crippen molar-refractivity contribution in [2.24, 2.45) is 0 Å². The van der Waals surface area contributed by atoms with Crippen LogP contribution in [0.5, 0.6) is 0 Å². The average molecular weight is 163 g/mol. The highest BCUT2D eigenvalue weighted by atomic mass is 35.5. The van der Waals surface area contributed by atoms with E-state index in [2.05, 4.69) is 10.2 Å². The highest BCUT2D eigenvalue weighted by Gasteiger charge is 1.99. The Kier molecular flexibility index (Phi) is 2.42. The maximum Gasteiger partial charge on any atom is 0.0949 e. The number of nitrogens with zero attached hydrogens (tertiary/aromatic N) is 1. The molecule has 0 atom stereocenters. The van der Waals surface area contributed by atoms with Crippen molar-refractivity contribution in [3.05, 3.63) is 11.8 Å². The first-order chi connectivity index (χ1) is 4.38. The summed E-state index contributed by atoms with van der Waals surface area (Å²) in [7, 11) is 0. The van der Waals surface area contributed by atoms with Crippen LogP contribution < -0.4 is 0 Å². The number of aromatic nitrogens is 2. The van der Waals surface area contributed by atoms with Crippen molar-refractivity contribution >= 4 is 23.4 Å². The lowest BCUT2D eigenvalue weighted by molar-refractivity contribution is 0.998. The molecule has 1 heterocycles. The van der Waals surface area contributed by atoms with Gasteiger partial charge in [-0.2, -0.15) is 5.10 Å². The van der Waals surface area contributed by atoms with E-state index in [9.17, 15) is 0 Å². The smallest absolute Gasteiger partial charge is 0.0949 e. The number of hydrogen-bond donors (Lipinski definition) is 1. The second kappa shape index (κ2) is 3.13. The third-order valence-electron chi connectivity index (χ3n) is 1.03. The van der Waals surface area contributed by atoms with Crippen LogP contribution in [-0.4, -0.2) is 16.5 Å². The van der Waals surface area contributed by atoms with Crippen LogP contribution in [0.3, 0.4) is 0 Å². The van der Waals surface area contributed by atoms with E-state index in [0.717, 1.165) is 10.6 Å². The van der Waals surface area contributed by atoms with Gasteiger partial charge in [-0.15, -0.1) is 23.4 Å². The Morgan fingerprint density at radius 3 is 3.11 bits per heavy atom. The minimum absolute atomic E-state index is 0.534. The summed E-state index contributed by atoms with van der Waals surface area (Å²) in [5.74, 6) is 0.534. The fourth-order valence-electron chi connectivity index (χ4n) is 0.571. The summed E-state index contributed by atoms with van der Waals surface area (Å²) in [6, 6.07) is 0. The first-order valence-corrected chi connectivity index (χ1v) is 4.26. The van der Waals surface area contributed by atoms with Gasteiger partial charge in [0.05, 0.1) is 17.1 Å². The zero-order chi connectivity index (χ0) is 6.69. The number of thioether (sulfide) groups is 1. The highest BCUT2D eigenvalue weighted by Crippen LogP contribution is 2.17. The molecule has 1 N–H and O–H groups in total. The van der Waals surface area contributed by atoms with E-state index >= 15 is 0 Å². The van der Waals surface area contributed by atoms with Crippen molar-refractivity contribution in [3.63, 3.8) is 0 Å². The van der Waals surface area contributed by atoms with E-state index in [1.54, 1.807) is 18.0 Å². The van der Waals surface area contributed by atoms with Crippen molar-refractivity contribution in [2.75, 3.05) is 6.26 Å². The summed E-state index contributed by atoms with van der Waals surface area (Å²) in [6.07, 6.45) is 3.74. The molecule has 0 saturated carbocycles. The number of rotatable bonds is 2. The third-order valence-corrected chi connectivity index (χ3v) is 2.08. The van der Waals surface area contributed by atoms with Gasteiger partial charge in [0.2, 0.25) is 0 Å². The van der Waals surface area contributed by atoms with E-state index < -0.39 is 0 Å². The predicted octanol–water partition coefficient (Wildman–Crippen LogP) is 1.87. The molecule has 0 aliphatic carbocycles. The molecule has 0 unspecified atom stereocenters. The van der Waals surface area contributed by atoms with Crippen LogP contribution >= 0.6 is 23.4 Å². The van der Waals surface area contributed by atoms with E-state index in [1.165, 1.54) is 0 Å². The Labute approximate surface area is 63.0 Å². The molecule has 0 amide bonds. The molecular formula is C5H7ClN2S. The maximum atomic E-state index is 5.58. The second-order valence-electron chi connectivity index (χ2n) is 1.56. The lowest BCUT2D eigenvalue weighted by Gasteiger charge is -1.90. The van der Waals surface area contributed by atoms with Crippen LogP contribution in [-0.2, 0) is 5.88 Å². The van der Waals surface area contributed by atoms with Gasteiger partial charge in [-0.05, 0) is 6.26 Å². The average Bonchev–Trinajstić information content (AvgIpc) is 2.33. The maximum absolute atomic E-state index is 5.58. The molecule has 9 heavy (non-hydrogen) atoms. The van der Waals surface area contributed by atoms with E-state index in [-0.39, 0.29) is 0 Å². The summed E-state index contributed by atoms with van der Waals surface area (Å²) in [5.41, 5.74) is 1.07. The lowest BCUT2D eigenvalue weighted by atomic mass is 10.4. The summed E-state index contributed by atoms with van der Waals surface area (Å²) in [4.78, 5) is 0. The molecule has 1 rings (SSSR count). The van der Waals surface area contributed by atoms with Crippen LogP contribution in [0.2, 0.25) is 0 Å². The zero-order valence-corrected chi connectivity index (χ0v) is 6.59. The molecule has 0 radical (unpaired) electrons. The molecule has 50 valence electrons. The Bertz CT molecular complexity index is 168. The molecule has 1 aromatic rings. The van der Waals surface area contributed by atoms with Crippen LogP contribution in [0.1, 0.15) is 5.56 Å². The van der Waals surface area contributed by atoms with Crippen LogP contribution in [0.4, 0.5) is 0 Å². The summed E-state index contributed by atoms with van der Waals surface area (Å²) in [5, 5.41) is 7.73. The van der Waals surface area contributed by atoms with E-state index in [0.29, 0.717) is 5.88 Å². The van der Waals surface area contributed by atoms with Gasteiger partial charge < -0.3 is 0 Å². The van der Waals surface area contributed by atoms with Crippen molar-refractivity contribution in [2.45, 2.75) is 10.9 Å². The fraction of sp³-hybridized carbons (Fsp3) is 0.400. The van der Waals surface area contributed by atoms with Crippen molar-refractivity contribution in [1.29, 1.82) is 0 Å². The molecule has 0 aliphatic heterocycles. The van der Waals surface area contributed by atoms with Gasteiger partial charge >= 0.3 is 0 Å². The summed E-state index contributed by atoms with van der Waals surface area (Å²) in [6.45, 7) is 0. The van der Waals surface area contributed by atoms with Gasteiger partial charge in [-0.1, -0.05) is 0 Å². The number of halogens is 1. The first-order valence-electron chi connectivity index (χ1n) is 2.50. The molecular weight excluding hydrogens is 156 g/mol. The fourth-order valence-corrected chi connectivity index (χ4v) is 1.38. The number of aromatic amines is 1. The summed E-state index contributed by atoms with van der Waals surface area (Å²) >= 11 is 7.20. The second-order valence-corrected chi connectivity index (χ2v) is 2.65. The van der Waals surface area contributed by atoms with Crippen molar-refractivity contribution < 1.29 is 0 Å². The Morgan fingerprint density at radius 1 is 1.89 bits per heavy atom. The van der Waals surface area contributed by atoms with Crippen LogP contribution in [0, 0.1) is 0 Å². The number of hydrogen-bond acceptors (Lipinski definition) is 2. The van der Waals surface area contributed by atoms with Gasteiger partial charge in [-0.3, -0.25) is 5.10 Å². The third kappa shape index (κ3) is 1.40. The summed E-state index contributed by atoms with van der Waals surface area (Å²) < 4.78 is 0. The molecule has 0 fully saturated rings. The normalized spacial score (nSPS) is 10.0. The Hall–Kier alpha value is -0.150. The lowest BCUT2D eigenvalue weighted by Crippen LogP contribution is -1.75. The predicted molar refractivity (Wildman–Crippen MR) is 39.9 cm³/mol. The van der Waals surface area contributed by atoms with Crippen LogP contribution in [0.15, 0.2) is 11.2 Å². The number of H-pyrrole nitrogens is 1. The highest BCUT2D eigenvalue weighted by molar-refractivity contribution is 7.98. The van der Waals surface area contributed by atoms with Gasteiger partial charge in [0.1, 0.15) is 0 Å². The van der Waals surface area contributed by atoms with Gasteiger partial charge in [0, 0.05) is 5.56 Å². The monoisotopic (exact) mass is 162 g/mol. The van der Waals surface area contributed by atoms with Gasteiger partial charge in [0.25, 0.3) is 0 Å². The molecule has 1 aromatic heterocycles. The van der Waals surface area contributed by atoms with Gasteiger partial charge in [-0.25, -0.2) is 0 Å². The molecule has 0 aromatic carbocycles. The first kappa shape index (κ1) is 6.96. The molecule has 2 nitrogen and oxygen atoms in total. The van der Waals surface area contributed by atoms with Gasteiger partial charge in [0.15, 0.2) is 0 Å². The largest absolute Gasteiger partial charge is 0.272 e. The standard InChI is InChI=1S/C5H7ClN2S/c1-9-5-4(2-6)3-7-8-5/h3H,2H2,1H3,(H,7,8).